The maximum atomic E-state index is 12.9. The first-order chi connectivity index (χ1) is 17.1. The predicted octanol–water partition coefficient (Wildman–Crippen LogP) is 2.65. The summed E-state index contributed by atoms with van der Waals surface area (Å²) in [5, 5.41) is 4.71. The highest BCUT2D eigenvalue weighted by molar-refractivity contribution is 5.97. The second-order valence-electron chi connectivity index (χ2n) is 10.1. The van der Waals surface area contributed by atoms with E-state index in [-0.39, 0.29) is 13.2 Å². The molecule has 0 spiro atoms. The molecule has 1 aromatic rings. The summed E-state index contributed by atoms with van der Waals surface area (Å²) in [6, 6.07) is 7.40. The van der Waals surface area contributed by atoms with Crippen LogP contribution in [0.2, 0.25) is 0 Å². The van der Waals surface area contributed by atoms with Gasteiger partial charge in [0.1, 0.15) is 30.4 Å². The molecule has 11 nitrogen and oxygen atoms in total. The highest BCUT2D eigenvalue weighted by Gasteiger charge is 2.39. The number of alkyl carbamates (subject to hydrolysis) is 1. The van der Waals surface area contributed by atoms with Crippen molar-refractivity contribution in [3.05, 3.63) is 35.9 Å². The second-order valence-corrected chi connectivity index (χ2v) is 10.1. The van der Waals surface area contributed by atoms with Gasteiger partial charge in [-0.2, -0.15) is 0 Å². The Kier molecular flexibility index (Phi) is 12.0. The van der Waals surface area contributed by atoms with E-state index in [1.165, 1.54) is 0 Å². The van der Waals surface area contributed by atoms with Gasteiger partial charge in [-0.25, -0.2) is 4.79 Å². The normalized spacial score (nSPS) is 12.2. The number of nitrogens with one attached hydrogen (secondary N) is 2. The molecule has 0 aliphatic heterocycles. The van der Waals surface area contributed by atoms with Crippen LogP contribution in [0.5, 0.6) is 0 Å². The number of ether oxygens (including phenoxy) is 4. The van der Waals surface area contributed by atoms with Crippen molar-refractivity contribution in [3.63, 3.8) is 0 Å². The van der Waals surface area contributed by atoms with Gasteiger partial charge in [-0.15, -0.1) is 0 Å². The van der Waals surface area contributed by atoms with Crippen molar-refractivity contribution in [2.24, 2.45) is 5.92 Å². The molecule has 11 heteroatoms. The van der Waals surface area contributed by atoms with Crippen LogP contribution in [0, 0.1) is 5.92 Å². The average molecular weight is 523 g/mol. The van der Waals surface area contributed by atoms with Gasteiger partial charge >= 0.3 is 24.0 Å². The molecule has 0 fully saturated rings. The van der Waals surface area contributed by atoms with Crippen molar-refractivity contribution in [1.29, 1.82) is 0 Å². The Hall–Kier alpha value is -3.63. The minimum absolute atomic E-state index is 0.0780. The van der Waals surface area contributed by atoms with Gasteiger partial charge in [0, 0.05) is 6.42 Å². The molecule has 2 amide bonds. The number of hydrogen-bond acceptors (Lipinski definition) is 9. The summed E-state index contributed by atoms with van der Waals surface area (Å²) >= 11 is 0. The Morgan fingerprint density at radius 3 is 1.86 bits per heavy atom. The molecule has 0 saturated carbocycles. The van der Waals surface area contributed by atoms with Crippen LogP contribution in [0.1, 0.15) is 60.5 Å². The SMILES string of the molecule is CCOC(=O)CNC(=O)C(CC(C(=O)OC(C)(C)C)C(=O)OC(C)(C)C)NC(=O)OCc1ccccc1. The number of carbonyl (C=O) groups is 5. The number of carbonyl (C=O) groups excluding carboxylic acids is 5. The van der Waals surface area contributed by atoms with Gasteiger partial charge in [-0.1, -0.05) is 30.3 Å². The van der Waals surface area contributed by atoms with Gasteiger partial charge < -0.3 is 29.6 Å². The standard InChI is InChI=1S/C26H38N2O9/c1-8-34-20(29)15-27-21(30)19(28-24(33)35-16-17-12-10-9-11-13-17)14-18(22(31)36-25(2,3)4)23(32)37-26(5,6)7/h9-13,18-19H,8,14-16H2,1-7H3,(H,27,30)(H,28,33). The van der Waals surface area contributed by atoms with Gasteiger partial charge in [0.05, 0.1) is 6.61 Å². The van der Waals surface area contributed by atoms with Crippen molar-refractivity contribution < 1.29 is 42.9 Å². The molecule has 37 heavy (non-hydrogen) atoms. The summed E-state index contributed by atoms with van der Waals surface area (Å²) in [7, 11) is 0. The molecule has 0 aliphatic rings. The molecular formula is C26H38N2O9. The van der Waals surface area contributed by atoms with Crippen molar-refractivity contribution in [3.8, 4) is 0 Å². The van der Waals surface area contributed by atoms with Crippen LogP contribution in [-0.4, -0.2) is 60.3 Å². The lowest BCUT2D eigenvalue weighted by atomic mass is 9.98. The predicted molar refractivity (Wildman–Crippen MR) is 133 cm³/mol. The van der Waals surface area contributed by atoms with E-state index in [1.807, 2.05) is 0 Å². The average Bonchev–Trinajstić information content (AvgIpc) is 2.77. The van der Waals surface area contributed by atoms with E-state index in [1.54, 1.807) is 78.8 Å². The third-order valence-corrected chi connectivity index (χ3v) is 4.39. The third kappa shape index (κ3) is 13.3. The van der Waals surface area contributed by atoms with Gasteiger partial charge in [0.15, 0.2) is 5.92 Å². The summed E-state index contributed by atoms with van der Waals surface area (Å²) in [5.41, 5.74) is -1.15. The lowest BCUT2D eigenvalue weighted by molar-refractivity contribution is -0.175. The van der Waals surface area contributed by atoms with Crippen molar-refractivity contribution >= 4 is 29.9 Å². The molecule has 0 radical (unpaired) electrons. The van der Waals surface area contributed by atoms with E-state index in [2.05, 4.69) is 10.6 Å². The van der Waals surface area contributed by atoms with E-state index >= 15 is 0 Å². The largest absolute Gasteiger partial charge is 0.465 e. The van der Waals surface area contributed by atoms with Crippen LogP contribution >= 0.6 is 0 Å². The summed E-state index contributed by atoms with van der Waals surface area (Å²) in [4.78, 5) is 63.0. The molecule has 1 unspecified atom stereocenters. The van der Waals surface area contributed by atoms with Crippen LogP contribution in [0.3, 0.4) is 0 Å². The van der Waals surface area contributed by atoms with Crippen LogP contribution in [0.4, 0.5) is 4.79 Å². The van der Waals surface area contributed by atoms with Crippen molar-refractivity contribution in [2.45, 2.75) is 78.7 Å². The van der Waals surface area contributed by atoms with Crippen molar-refractivity contribution in [1.82, 2.24) is 10.6 Å². The summed E-state index contributed by atoms with van der Waals surface area (Å²) in [5.74, 6) is -4.93. The summed E-state index contributed by atoms with van der Waals surface area (Å²) in [6.07, 6.45) is -1.47. The Bertz CT molecular complexity index is 906. The number of esters is 3. The molecule has 1 rings (SSSR count). The molecule has 0 bridgehead atoms. The lowest BCUT2D eigenvalue weighted by Gasteiger charge is -2.28. The molecule has 0 saturated heterocycles. The second kappa shape index (κ2) is 14.2. The first-order valence-electron chi connectivity index (χ1n) is 12.0. The topological polar surface area (TPSA) is 146 Å². The molecule has 0 aliphatic carbocycles. The first-order valence-corrected chi connectivity index (χ1v) is 12.0. The van der Waals surface area contributed by atoms with E-state index in [0.717, 1.165) is 0 Å². The van der Waals surface area contributed by atoms with E-state index in [9.17, 15) is 24.0 Å². The quantitative estimate of drug-likeness (QED) is 0.254. The monoisotopic (exact) mass is 522 g/mol. The highest BCUT2D eigenvalue weighted by atomic mass is 16.6. The molecule has 0 aromatic heterocycles. The first kappa shape index (κ1) is 31.4. The van der Waals surface area contributed by atoms with Gasteiger partial charge in [0.25, 0.3) is 0 Å². The Labute approximate surface area is 217 Å². The zero-order valence-electron chi connectivity index (χ0n) is 22.5. The number of rotatable bonds is 11. The molecule has 0 heterocycles. The smallest absolute Gasteiger partial charge is 0.408 e. The van der Waals surface area contributed by atoms with Crippen LogP contribution in [-0.2, 0) is 44.7 Å². The van der Waals surface area contributed by atoms with Gasteiger partial charge in [-0.05, 0) is 54.0 Å². The number of hydrogen-bond donors (Lipinski definition) is 2. The van der Waals surface area contributed by atoms with Crippen LogP contribution < -0.4 is 10.6 Å². The summed E-state index contributed by atoms with van der Waals surface area (Å²) in [6.45, 7) is 10.9. The third-order valence-electron chi connectivity index (χ3n) is 4.39. The van der Waals surface area contributed by atoms with E-state index in [4.69, 9.17) is 18.9 Å². The van der Waals surface area contributed by atoms with E-state index < -0.39 is 66.0 Å². The lowest BCUT2D eigenvalue weighted by Crippen LogP contribution is -2.51. The molecule has 206 valence electrons. The Balaban J connectivity index is 3.12. The molecule has 2 N–H and O–H groups in total. The summed E-state index contributed by atoms with van der Waals surface area (Å²) < 4.78 is 20.7. The number of benzene rings is 1. The molecule has 1 atom stereocenters. The van der Waals surface area contributed by atoms with Gasteiger partial charge in [0.2, 0.25) is 5.91 Å². The maximum Gasteiger partial charge on any atom is 0.408 e. The highest BCUT2D eigenvalue weighted by Crippen LogP contribution is 2.20. The van der Waals surface area contributed by atoms with E-state index in [0.29, 0.717) is 5.56 Å². The Morgan fingerprint density at radius 2 is 1.38 bits per heavy atom. The van der Waals surface area contributed by atoms with Crippen LogP contribution in [0.25, 0.3) is 0 Å². The fourth-order valence-corrected chi connectivity index (χ4v) is 2.90. The zero-order valence-corrected chi connectivity index (χ0v) is 22.5. The fourth-order valence-electron chi connectivity index (χ4n) is 2.90. The Morgan fingerprint density at radius 1 is 0.838 bits per heavy atom. The molecule has 1 aromatic carbocycles. The minimum Gasteiger partial charge on any atom is -0.465 e. The van der Waals surface area contributed by atoms with Gasteiger partial charge in [-0.3, -0.25) is 19.2 Å². The molecular weight excluding hydrogens is 484 g/mol. The van der Waals surface area contributed by atoms with Crippen molar-refractivity contribution in [2.75, 3.05) is 13.2 Å². The van der Waals surface area contributed by atoms with Crippen LogP contribution in [0.15, 0.2) is 30.3 Å². The fraction of sp³-hybridized carbons (Fsp3) is 0.577. The zero-order chi connectivity index (χ0) is 28.2. The minimum atomic E-state index is -1.55. The number of amides is 2. The maximum absolute atomic E-state index is 12.9.